The molecule has 0 unspecified atom stereocenters. The largest absolute Gasteiger partial charge is 0.326 e. The molecule has 178 valence electrons. The third-order valence-corrected chi connectivity index (χ3v) is 6.18. The van der Waals surface area contributed by atoms with Crippen molar-refractivity contribution in [1.29, 1.82) is 0 Å². The van der Waals surface area contributed by atoms with Crippen LogP contribution in [0, 0.1) is 11.7 Å². The number of rotatable bonds is 7. The molecule has 0 saturated heterocycles. The van der Waals surface area contributed by atoms with Gasteiger partial charge < -0.3 is 15.5 Å². The van der Waals surface area contributed by atoms with Gasteiger partial charge in [-0.2, -0.15) is 0 Å². The molecule has 2 heterocycles. The third kappa shape index (κ3) is 4.53. The molecule has 2 aliphatic heterocycles. The smallest absolute Gasteiger partial charge is 0.322 e. The predicted molar refractivity (Wildman–Crippen MR) is 127 cm³/mol. The van der Waals surface area contributed by atoms with Gasteiger partial charge in [0.05, 0.1) is 23.9 Å². The molecular weight excluding hydrogens is 435 g/mol. The fraction of sp³-hybridized carbons (Fsp3) is 0.346. The number of carbonyl (C=O) groups is 3. The molecule has 4 rings (SSSR count). The highest BCUT2D eigenvalue weighted by Gasteiger charge is 2.46. The molecule has 0 aliphatic carbocycles. The van der Waals surface area contributed by atoms with Gasteiger partial charge in [-0.3, -0.25) is 14.5 Å². The number of anilines is 1. The van der Waals surface area contributed by atoms with Crippen molar-refractivity contribution in [3.63, 3.8) is 0 Å². The van der Waals surface area contributed by atoms with Crippen LogP contribution in [-0.2, 0) is 9.59 Å². The van der Waals surface area contributed by atoms with E-state index in [1.165, 1.54) is 24.3 Å². The number of amides is 4. The van der Waals surface area contributed by atoms with Gasteiger partial charge >= 0.3 is 6.03 Å². The van der Waals surface area contributed by atoms with Gasteiger partial charge in [-0.25, -0.2) is 9.18 Å². The Balaban J connectivity index is 1.67. The van der Waals surface area contributed by atoms with Crippen molar-refractivity contribution >= 4 is 23.5 Å². The first-order valence-electron chi connectivity index (χ1n) is 11.5. The number of nitrogens with zero attached hydrogens (tertiary/aromatic N) is 2. The summed E-state index contributed by atoms with van der Waals surface area (Å²) in [6.07, 6.45) is 0.447. The number of halogens is 1. The zero-order chi connectivity index (χ0) is 24.4. The maximum atomic E-state index is 13.8. The highest BCUT2D eigenvalue weighted by atomic mass is 19.1. The van der Waals surface area contributed by atoms with Gasteiger partial charge in [0, 0.05) is 12.2 Å². The molecule has 8 heteroatoms. The zero-order valence-corrected chi connectivity index (χ0v) is 19.5. The van der Waals surface area contributed by atoms with Crippen molar-refractivity contribution in [3.05, 3.63) is 77.2 Å². The van der Waals surface area contributed by atoms with Gasteiger partial charge in [0.2, 0.25) is 5.91 Å². The van der Waals surface area contributed by atoms with E-state index in [0.717, 1.165) is 5.56 Å². The van der Waals surface area contributed by atoms with E-state index >= 15 is 0 Å². The summed E-state index contributed by atoms with van der Waals surface area (Å²) in [6, 6.07) is 13.3. The molecule has 0 radical (unpaired) electrons. The minimum absolute atomic E-state index is 0.140. The van der Waals surface area contributed by atoms with Gasteiger partial charge in [-0.15, -0.1) is 0 Å². The molecule has 2 aromatic carbocycles. The number of carbonyl (C=O) groups excluding carboxylic acids is 3. The molecule has 0 saturated carbocycles. The predicted octanol–water partition coefficient (Wildman–Crippen LogP) is 4.06. The quantitative estimate of drug-likeness (QED) is 0.648. The van der Waals surface area contributed by atoms with Crippen molar-refractivity contribution in [2.75, 3.05) is 18.4 Å². The van der Waals surface area contributed by atoms with E-state index in [9.17, 15) is 18.8 Å². The number of benzene rings is 2. The van der Waals surface area contributed by atoms with Crippen molar-refractivity contribution in [1.82, 2.24) is 15.1 Å². The molecule has 7 nitrogen and oxygen atoms in total. The Bertz CT molecular complexity index is 1110. The fourth-order valence-electron chi connectivity index (χ4n) is 4.58. The van der Waals surface area contributed by atoms with Crippen molar-refractivity contribution < 1.29 is 18.8 Å². The van der Waals surface area contributed by atoms with E-state index in [1.54, 1.807) is 9.80 Å². The highest BCUT2D eigenvalue weighted by Crippen LogP contribution is 2.37. The van der Waals surface area contributed by atoms with Crippen LogP contribution in [0.1, 0.15) is 38.8 Å². The summed E-state index contributed by atoms with van der Waals surface area (Å²) in [5, 5.41) is 5.77. The van der Waals surface area contributed by atoms with Crippen LogP contribution >= 0.6 is 0 Å². The number of urea groups is 1. The number of hydrogen-bond acceptors (Lipinski definition) is 3. The van der Waals surface area contributed by atoms with Crippen LogP contribution in [0.4, 0.5) is 14.9 Å². The van der Waals surface area contributed by atoms with Crippen molar-refractivity contribution in [2.24, 2.45) is 5.92 Å². The summed E-state index contributed by atoms with van der Waals surface area (Å²) >= 11 is 0. The number of hydrogen-bond donors (Lipinski definition) is 2. The van der Waals surface area contributed by atoms with Crippen LogP contribution in [0.15, 0.2) is 65.9 Å². The van der Waals surface area contributed by atoms with Crippen LogP contribution in [0.2, 0.25) is 0 Å². The highest BCUT2D eigenvalue weighted by molar-refractivity contribution is 6.05. The third-order valence-electron chi connectivity index (χ3n) is 6.18. The van der Waals surface area contributed by atoms with E-state index in [1.807, 2.05) is 51.1 Å². The van der Waals surface area contributed by atoms with Gasteiger partial charge in [0.15, 0.2) is 0 Å². The minimum atomic E-state index is -0.742. The maximum Gasteiger partial charge on any atom is 0.322 e. The average molecular weight is 465 g/mol. The molecular formula is C26H29FN4O3. The summed E-state index contributed by atoms with van der Waals surface area (Å²) in [6.45, 7) is 6.41. The zero-order valence-electron chi connectivity index (χ0n) is 19.5. The Kier molecular flexibility index (Phi) is 6.68. The van der Waals surface area contributed by atoms with Crippen molar-refractivity contribution in [2.45, 2.75) is 39.3 Å². The Hall–Kier alpha value is -3.68. The van der Waals surface area contributed by atoms with Crippen LogP contribution in [-0.4, -0.2) is 46.8 Å². The van der Waals surface area contributed by atoms with Gasteiger partial charge in [-0.05, 0) is 49.1 Å². The first-order chi connectivity index (χ1) is 16.3. The molecule has 34 heavy (non-hydrogen) atoms. The first-order valence-corrected chi connectivity index (χ1v) is 11.5. The Labute approximate surface area is 198 Å². The van der Waals surface area contributed by atoms with Crippen molar-refractivity contribution in [3.8, 4) is 0 Å². The minimum Gasteiger partial charge on any atom is -0.326 e. The lowest BCUT2D eigenvalue weighted by atomic mass is 9.95. The standard InChI is InChI=1S/C26H29FN4O3/c1-4-30-21-15-31(20(14-16(2)3)24(32)28-19-12-10-18(27)11-13-19)25(33)22(21)23(29-26(30)34)17-8-6-5-7-9-17/h5-13,16,20,23H,4,14-15H2,1-3H3,(H,28,32)(H,29,34)/t20-,23-/m0/s1. The monoisotopic (exact) mass is 464 g/mol. The number of likely N-dealkylation sites (N-methyl/N-ethyl adjacent to an activating group) is 1. The topological polar surface area (TPSA) is 81.8 Å². The lowest BCUT2D eigenvalue weighted by Gasteiger charge is -2.32. The van der Waals surface area contributed by atoms with Crippen LogP contribution in [0.3, 0.4) is 0 Å². The molecule has 0 fully saturated rings. The SMILES string of the molecule is CCN1C(=O)N[C@@H](c2ccccc2)C2=C1CN([C@@H](CC(C)C)C(=O)Nc1ccc(F)cc1)C2=O. The summed E-state index contributed by atoms with van der Waals surface area (Å²) in [7, 11) is 0. The van der Waals surface area contributed by atoms with Gasteiger partial charge in [0.1, 0.15) is 11.9 Å². The molecule has 4 amide bonds. The molecule has 2 atom stereocenters. The van der Waals surface area contributed by atoms with E-state index in [0.29, 0.717) is 29.9 Å². The first kappa shape index (κ1) is 23.5. The summed E-state index contributed by atoms with van der Waals surface area (Å²) in [5.74, 6) is -0.859. The number of nitrogens with one attached hydrogen (secondary N) is 2. The van der Waals surface area contributed by atoms with Crippen LogP contribution < -0.4 is 10.6 Å². The Morgan fingerprint density at radius 2 is 1.79 bits per heavy atom. The van der Waals surface area contributed by atoms with E-state index in [4.69, 9.17) is 0 Å². The van der Waals surface area contributed by atoms with Crippen LogP contribution in [0.5, 0.6) is 0 Å². The maximum absolute atomic E-state index is 13.8. The summed E-state index contributed by atoms with van der Waals surface area (Å²) in [4.78, 5) is 43.1. The average Bonchev–Trinajstić information content (AvgIpc) is 3.15. The van der Waals surface area contributed by atoms with E-state index < -0.39 is 17.9 Å². The normalized spacial score (nSPS) is 18.8. The van der Waals surface area contributed by atoms with Gasteiger partial charge in [0.25, 0.3) is 5.91 Å². The Morgan fingerprint density at radius 3 is 2.41 bits per heavy atom. The fourth-order valence-corrected chi connectivity index (χ4v) is 4.58. The lowest BCUT2D eigenvalue weighted by Crippen LogP contribution is -2.47. The summed E-state index contributed by atoms with van der Waals surface area (Å²) < 4.78 is 13.3. The summed E-state index contributed by atoms with van der Waals surface area (Å²) in [5.41, 5.74) is 2.40. The molecule has 0 aromatic heterocycles. The second-order valence-electron chi connectivity index (χ2n) is 8.97. The van der Waals surface area contributed by atoms with Crippen LogP contribution in [0.25, 0.3) is 0 Å². The molecule has 0 spiro atoms. The Morgan fingerprint density at radius 1 is 1.12 bits per heavy atom. The van der Waals surface area contributed by atoms with E-state index in [2.05, 4.69) is 10.6 Å². The molecule has 2 aliphatic rings. The van der Waals surface area contributed by atoms with E-state index in [-0.39, 0.29) is 30.3 Å². The molecule has 2 N–H and O–H groups in total. The molecule has 0 bridgehead atoms. The second kappa shape index (κ2) is 9.67. The molecule has 2 aromatic rings. The van der Waals surface area contributed by atoms with Gasteiger partial charge in [-0.1, -0.05) is 44.2 Å². The lowest BCUT2D eigenvalue weighted by molar-refractivity contribution is -0.134. The second-order valence-corrected chi connectivity index (χ2v) is 8.97.